The summed E-state index contributed by atoms with van der Waals surface area (Å²) in [4.78, 5) is 15.0. The standard InChI is InChI=1S/C15H14N4O.C2H6/c20-15(14-6-3-8-18-19-14)16-9-7-11-10-17-13-5-2-1-4-12(11)13;1-2/h1-6,8,10,17H,7,9H2,(H,16,20);1-2H3. The van der Waals surface area contributed by atoms with Crippen LogP contribution < -0.4 is 5.32 Å². The number of hydrogen-bond acceptors (Lipinski definition) is 3. The van der Waals surface area contributed by atoms with E-state index in [1.807, 2.05) is 38.2 Å². The van der Waals surface area contributed by atoms with Gasteiger partial charge in [0, 0.05) is 29.8 Å². The number of para-hydroxylation sites is 1. The van der Waals surface area contributed by atoms with Crippen LogP contribution in [0.5, 0.6) is 0 Å². The van der Waals surface area contributed by atoms with E-state index in [9.17, 15) is 4.79 Å². The molecule has 114 valence electrons. The average molecular weight is 296 g/mol. The van der Waals surface area contributed by atoms with Crippen LogP contribution in [0.2, 0.25) is 0 Å². The molecule has 2 heterocycles. The number of carbonyl (C=O) groups is 1. The molecule has 2 aromatic heterocycles. The first kappa shape index (κ1) is 15.7. The van der Waals surface area contributed by atoms with Crippen molar-refractivity contribution < 1.29 is 4.79 Å². The van der Waals surface area contributed by atoms with Gasteiger partial charge in [-0.05, 0) is 30.2 Å². The number of nitrogens with zero attached hydrogens (tertiary/aromatic N) is 2. The van der Waals surface area contributed by atoms with Crippen LogP contribution in [-0.2, 0) is 6.42 Å². The topological polar surface area (TPSA) is 70.7 Å². The lowest BCUT2D eigenvalue weighted by Crippen LogP contribution is -2.26. The molecule has 5 nitrogen and oxygen atoms in total. The van der Waals surface area contributed by atoms with Crippen molar-refractivity contribution in [3.05, 3.63) is 60.0 Å². The highest BCUT2D eigenvalue weighted by Gasteiger charge is 2.07. The van der Waals surface area contributed by atoms with Gasteiger partial charge in [0.1, 0.15) is 0 Å². The van der Waals surface area contributed by atoms with E-state index in [4.69, 9.17) is 0 Å². The van der Waals surface area contributed by atoms with E-state index in [2.05, 4.69) is 26.6 Å². The number of benzene rings is 1. The van der Waals surface area contributed by atoms with Gasteiger partial charge < -0.3 is 10.3 Å². The van der Waals surface area contributed by atoms with Gasteiger partial charge in [-0.3, -0.25) is 4.79 Å². The zero-order chi connectivity index (χ0) is 15.8. The van der Waals surface area contributed by atoms with Gasteiger partial charge in [0.05, 0.1) is 0 Å². The van der Waals surface area contributed by atoms with Crippen molar-refractivity contribution in [3.63, 3.8) is 0 Å². The molecular weight excluding hydrogens is 276 g/mol. The molecule has 0 radical (unpaired) electrons. The van der Waals surface area contributed by atoms with Crippen molar-refractivity contribution in [1.82, 2.24) is 20.5 Å². The Bertz CT molecular complexity index is 722. The smallest absolute Gasteiger partial charge is 0.271 e. The molecular formula is C17H20N4O. The number of H-pyrrole nitrogens is 1. The zero-order valence-corrected chi connectivity index (χ0v) is 12.8. The Balaban J connectivity index is 0.000000847. The third-order valence-electron chi connectivity index (χ3n) is 3.16. The van der Waals surface area contributed by atoms with Crippen molar-refractivity contribution in [1.29, 1.82) is 0 Å². The van der Waals surface area contributed by atoms with Gasteiger partial charge in [-0.2, -0.15) is 5.10 Å². The highest BCUT2D eigenvalue weighted by molar-refractivity contribution is 5.92. The molecule has 0 saturated carbocycles. The third-order valence-corrected chi connectivity index (χ3v) is 3.16. The first-order valence-corrected chi connectivity index (χ1v) is 7.45. The zero-order valence-electron chi connectivity index (χ0n) is 12.8. The Labute approximate surface area is 129 Å². The summed E-state index contributed by atoms with van der Waals surface area (Å²) in [5.41, 5.74) is 2.65. The van der Waals surface area contributed by atoms with Crippen molar-refractivity contribution >= 4 is 16.8 Å². The Kier molecular flexibility index (Phi) is 5.65. The number of fused-ring (bicyclic) bond motifs is 1. The van der Waals surface area contributed by atoms with Crippen LogP contribution in [0.15, 0.2) is 48.8 Å². The summed E-state index contributed by atoms with van der Waals surface area (Å²) in [6.07, 6.45) is 4.30. The second-order valence-electron chi connectivity index (χ2n) is 4.47. The molecule has 22 heavy (non-hydrogen) atoms. The summed E-state index contributed by atoms with van der Waals surface area (Å²) in [6, 6.07) is 11.5. The molecule has 0 saturated heterocycles. The van der Waals surface area contributed by atoms with Crippen LogP contribution in [0.25, 0.3) is 10.9 Å². The summed E-state index contributed by atoms with van der Waals surface area (Å²) in [5, 5.41) is 11.5. The van der Waals surface area contributed by atoms with Crippen LogP contribution in [0.1, 0.15) is 29.9 Å². The number of hydrogen-bond donors (Lipinski definition) is 2. The van der Waals surface area contributed by atoms with Gasteiger partial charge in [0.25, 0.3) is 5.91 Å². The maximum absolute atomic E-state index is 11.8. The number of nitrogens with one attached hydrogen (secondary N) is 2. The van der Waals surface area contributed by atoms with Crippen molar-refractivity contribution in [2.75, 3.05) is 6.54 Å². The fraction of sp³-hybridized carbons (Fsp3) is 0.235. The Morgan fingerprint density at radius 2 is 2.00 bits per heavy atom. The van der Waals surface area contributed by atoms with Crippen molar-refractivity contribution in [2.24, 2.45) is 0 Å². The minimum atomic E-state index is -0.196. The highest BCUT2D eigenvalue weighted by Crippen LogP contribution is 2.17. The molecule has 0 spiro atoms. The predicted octanol–water partition coefficient (Wildman–Crippen LogP) is 2.96. The normalized spacial score (nSPS) is 9.91. The summed E-state index contributed by atoms with van der Waals surface area (Å²) >= 11 is 0. The summed E-state index contributed by atoms with van der Waals surface area (Å²) in [7, 11) is 0. The number of carbonyl (C=O) groups excluding carboxylic acids is 1. The van der Waals surface area contributed by atoms with Crippen LogP contribution in [-0.4, -0.2) is 27.6 Å². The molecule has 0 fully saturated rings. The van der Waals surface area contributed by atoms with Gasteiger partial charge in [-0.1, -0.05) is 32.0 Å². The average Bonchev–Trinajstić information content (AvgIpc) is 3.01. The Hall–Kier alpha value is -2.69. The van der Waals surface area contributed by atoms with E-state index in [0.717, 1.165) is 11.9 Å². The van der Waals surface area contributed by atoms with E-state index in [1.54, 1.807) is 18.3 Å². The van der Waals surface area contributed by atoms with Crippen LogP contribution in [0, 0.1) is 0 Å². The number of aromatic amines is 1. The molecule has 1 amide bonds. The summed E-state index contributed by atoms with van der Waals surface area (Å²) < 4.78 is 0. The van der Waals surface area contributed by atoms with Gasteiger partial charge in [0.15, 0.2) is 5.69 Å². The SMILES string of the molecule is CC.O=C(NCCc1c[nH]c2ccccc12)c1cccnn1. The van der Waals surface area contributed by atoms with Crippen LogP contribution >= 0.6 is 0 Å². The van der Waals surface area contributed by atoms with Crippen LogP contribution in [0.3, 0.4) is 0 Å². The van der Waals surface area contributed by atoms with Crippen molar-refractivity contribution in [2.45, 2.75) is 20.3 Å². The lowest BCUT2D eigenvalue weighted by molar-refractivity contribution is 0.0948. The van der Waals surface area contributed by atoms with Gasteiger partial charge in [-0.25, -0.2) is 0 Å². The van der Waals surface area contributed by atoms with E-state index in [0.29, 0.717) is 12.2 Å². The van der Waals surface area contributed by atoms with E-state index >= 15 is 0 Å². The quantitative estimate of drug-likeness (QED) is 0.777. The van der Waals surface area contributed by atoms with Crippen molar-refractivity contribution in [3.8, 4) is 0 Å². The fourth-order valence-electron chi connectivity index (χ4n) is 2.16. The molecule has 0 unspecified atom stereocenters. The number of amides is 1. The molecule has 0 atom stereocenters. The molecule has 0 bridgehead atoms. The second-order valence-corrected chi connectivity index (χ2v) is 4.47. The Morgan fingerprint density at radius 1 is 1.18 bits per heavy atom. The molecule has 0 aliphatic heterocycles. The lowest BCUT2D eigenvalue weighted by atomic mass is 10.1. The molecule has 3 aromatic rings. The van der Waals surface area contributed by atoms with Crippen LogP contribution in [0.4, 0.5) is 0 Å². The molecule has 0 aliphatic rings. The van der Waals surface area contributed by atoms with E-state index in [-0.39, 0.29) is 5.91 Å². The second kappa shape index (κ2) is 7.93. The molecule has 3 rings (SSSR count). The van der Waals surface area contributed by atoms with Gasteiger partial charge in [0.2, 0.25) is 0 Å². The molecule has 0 aliphatic carbocycles. The molecule has 1 aromatic carbocycles. The minimum absolute atomic E-state index is 0.196. The molecule has 2 N–H and O–H groups in total. The Morgan fingerprint density at radius 3 is 2.77 bits per heavy atom. The number of rotatable bonds is 4. The lowest BCUT2D eigenvalue weighted by Gasteiger charge is -2.03. The fourth-order valence-corrected chi connectivity index (χ4v) is 2.16. The van der Waals surface area contributed by atoms with Gasteiger partial charge in [-0.15, -0.1) is 5.10 Å². The summed E-state index contributed by atoms with van der Waals surface area (Å²) in [6.45, 7) is 4.57. The summed E-state index contributed by atoms with van der Waals surface area (Å²) in [5.74, 6) is -0.196. The highest BCUT2D eigenvalue weighted by atomic mass is 16.1. The minimum Gasteiger partial charge on any atom is -0.361 e. The van der Waals surface area contributed by atoms with E-state index < -0.39 is 0 Å². The first-order valence-electron chi connectivity index (χ1n) is 7.45. The first-order chi connectivity index (χ1) is 10.8. The van der Waals surface area contributed by atoms with E-state index in [1.165, 1.54) is 10.9 Å². The predicted molar refractivity (Wildman–Crippen MR) is 87.7 cm³/mol. The largest absolute Gasteiger partial charge is 0.361 e. The van der Waals surface area contributed by atoms with Gasteiger partial charge >= 0.3 is 0 Å². The molecule has 5 heteroatoms. The monoisotopic (exact) mass is 296 g/mol. The third kappa shape index (κ3) is 3.69. The maximum atomic E-state index is 11.8. The maximum Gasteiger partial charge on any atom is 0.271 e. The number of aromatic nitrogens is 3.